The predicted molar refractivity (Wildman–Crippen MR) is 120 cm³/mol. The van der Waals surface area contributed by atoms with Gasteiger partial charge in [0.2, 0.25) is 11.8 Å². The number of imide groups is 1. The number of carbonyl (C=O) groups is 4. The Hall–Kier alpha value is -3.72. The van der Waals surface area contributed by atoms with E-state index in [4.69, 9.17) is 0 Å². The molecule has 4 N–H and O–H groups in total. The molecule has 2 atom stereocenters. The highest BCUT2D eigenvalue weighted by Gasteiger charge is 2.38. The third-order valence-electron chi connectivity index (χ3n) is 5.58. The van der Waals surface area contributed by atoms with Crippen molar-refractivity contribution >= 4 is 23.8 Å². The quantitative estimate of drug-likeness (QED) is 0.264. The molecule has 0 saturated carbocycles. The summed E-state index contributed by atoms with van der Waals surface area (Å²) in [7, 11) is 0. The number of amides is 5. The summed E-state index contributed by atoms with van der Waals surface area (Å²) >= 11 is 0. The number of benzene rings is 2. The fourth-order valence-electron chi connectivity index (χ4n) is 3.91. The average Bonchev–Trinajstić information content (AvgIpc) is 3.13. The first kappa shape index (κ1) is 23.9. The number of hydrogen-bond acceptors (Lipinski definition) is 5. The molecule has 1 aliphatic heterocycles. The van der Waals surface area contributed by atoms with E-state index in [1.54, 1.807) is 5.48 Å². The van der Waals surface area contributed by atoms with Crippen molar-refractivity contribution < 1.29 is 24.4 Å². The van der Waals surface area contributed by atoms with E-state index in [1.165, 1.54) is 0 Å². The van der Waals surface area contributed by atoms with E-state index < -0.39 is 35.6 Å². The second-order valence-corrected chi connectivity index (χ2v) is 8.45. The summed E-state index contributed by atoms with van der Waals surface area (Å²) in [5, 5.41) is 12.3. The molecule has 0 unspecified atom stereocenters. The fraction of sp³-hybridized carbons (Fsp3) is 0.333. The summed E-state index contributed by atoms with van der Waals surface area (Å²) in [6.45, 7) is 3.59. The van der Waals surface area contributed by atoms with Gasteiger partial charge in [0.05, 0.1) is 11.8 Å². The zero-order chi connectivity index (χ0) is 24.0. The first-order valence-electron chi connectivity index (χ1n) is 10.8. The Morgan fingerprint density at radius 3 is 2.15 bits per heavy atom. The molecule has 2 aromatic carbocycles. The van der Waals surface area contributed by atoms with Crippen molar-refractivity contribution in [2.75, 3.05) is 6.54 Å². The summed E-state index contributed by atoms with van der Waals surface area (Å²) in [5.41, 5.74) is 6.87. The maximum absolute atomic E-state index is 13.1. The first-order valence-corrected chi connectivity index (χ1v) is 10.8. The maximum Gasteiger partial charge on any atom is 0.343 e. The number of urea groups is 1. The Morgan fingerprint density at radius 2 is 1.61 bits per heavy atom. The Morgan fingerprint density at radius 1 is 0.970 bits per heavy atom. The molecule has 0 spiro atoms. The van der Waals surface area contributed by atoms with Crippen molar-refractivity contribution in [2.24, 2.45) is 17.8 Å². The lowest BCUT2D eigenvalue weighted by molar-refractivity contribution is -0.144. The van der Waals surface area contributed by atoms with Crippen LogP contribution in [0.3, 0.4) is 0 Å². The van der Waals surface area contributed by atoms with Crippen LogP contribution in [-0.4, -0.2) is 40.5 Å². The topological polar surface area (TPSA) is 128 Å². The molecule has 0 aromatic heterocycles. The smallest absolute Gasteiger partial charge is 0.327 e. The van der Waals surface area contributed by atoms with Gasteiger partial charge in [0.15, 0.2) is 0 Å². The van der Waals surface area contributed by atoms with Crippen LogP contribution in [0.1, 0.15) is 25.8 Å². The predicted octanol–water partition coefficient (Wildman–Crippen LogP) is 2.26. The molecule has 0 bridgehead atoms. The second-order valence-electron chi connectivity index (χ2n) is 8.45. The summed E-state index contributed by atoms with van der Waals surface area (Å²) in [4.78, 5) is 49.4. The van der Waals surface area contributed by atoms with Gasteiger partial charge in [-0.1, -0.05) is 68.4 Å². The van der Waals surface area contributed by atoms with Gasteiger partial charge in [0.25, 0.3) is 5.91 Å². The van der Waals surface area contributed by atoms with Crippen LogP contribution in [0.2, 0.25) is 0 Å². The summed E-state index contributed by atoms with van der Waals surface area (Å²) in [6, 6.07) is 16.7. The van der Waals surface area contributed by atoms with Crippen LogP contribution in [0.25, 0.3) is 11.1 Å². The highest BCUT2D eigenvalue weighted by atomic mass is 16.5. The van der Waals surface area contributed by atoms with Crippen LogP contribution in [0.4, 0.5) is 4.79 Å². The maximum atomic E-state index is 13.1. The standard InChI is InChI=1S/C24H28N4O5/c1-15(2)12-19(22(30)26-28-21(29)14-25-24(28)32)20(23(31)27-33)13-16-8-10-18(11-9-16)17-6-4-3-5-7-17/h3-11,15,19-20,33H,12-14H2,1-2H3,(H,25,32)(H,26,30)(H,27,31)/t19-,20+/m1/s1. The minimum atomic E-state index is -0.916. The van der Waals surface area contributed by atoms with E-state index in [2.05, 4.69) is 10.7 Å². The fourth-order valence-corrected chi connectivity index (χ4v) is 3.91. The first-order chi connectivity index (χ1) is 15.8. The second kappa shape index (κ2) is 10.7. The highest BCUT2D eigenvalue weighted by Crippen LogP contribution is 2.27. The van der Waals surface area contributed by atoms with Crippen molar-refractivity contribution in [3.8, 4) is 11.1 Å². The molecular formula is C24H28N4O5. The molecule has 1 heterocycles. The minimum absolute atomic E-state index is 0.0401. The monoisotopic (exact) mass is 452 g/mol. The van der Waals surface area contributed by atoms with Gasteiger partial charge in [0.1, 0.15) is 6.54 Å². The van der Waals surface area contributed by atoms with E-state index >= 15 is 0 Å². The molecule has 174 valence electrons. The Kier molecular flexibility index (Phi) is 7.78. The molecule has 3 rings (SSSR count). The molecule has 1 aliphatic rings. The molecule has 0 radical (unpaired) electrons. The van der Waals surface area contributed by atoms with Crippen molar-refractivity contribution in [3.05, 3.63) is 60.2 Å². The zero-order valence-corrected chi connectivity index (χ0v) is 18.6. The normalized spacial score (nSPS) is 15.2. The van der Waals surface area contributed by atoms with Gasteiger partial charge in [-0.2, -0.15) is 5.01 Å². The Labute approximate surface area is 192 Å². The molecule has 33 heavy (non-hydrogen) atoms. The van der Waals surface area contributed by atoms with Gasteiger partial charge < -0.3 is 5.32 Å². The van der Waals surface area contributed by atoms with Gasteiger partial charge in [0, 0.05) is 0 Å². The zero-order valence-electron chi connectivity index (χ0n) is 18.6. The number of carbonyl (C=O) groups excluding carboxylic acids is 4. The van der Waals surface area contributed by atoms with Crippen molar-refractivity contribution in [2.45, 2.75) is 26.7 Å². The van der Waals surface area contributed by atoms with Gasteiger partial charge in [-0.25, -0.2) is 10.3 Å². The van der Waals surface area contributed by atoms with E-state index in [0.717, 1.165) is 16.7 Å². The summed E-state index contributed by atoms with van der Waals surface area (Å²) in [6.07, 6.45) is 0.502. The lowest BCUT2D eigenvalue weighted by Gasteiger charge is -2.27. The molecule has 9 heteroatoms. The van der Waals surface area contributed by atoms with Crippen molar-refractivity contribution in [1.29, 1.82) is 0 Å². The number of hydroxylamine groups is 1. The van der Waals surface area contributed by atoms with Crippen molar-refractivity contribution in [1.82, 2.24) is 21.2 Å². The molecule has 2 aromatic rings. The van der Waals surface area contributed by atoms with E-state index in [0.29, 0.717) is 11.4 Å². The number of nitrogens with one attached hydrogen (secondary N) is 3. The third-order valence-corrected chi connectivity index (χ3v) is 5.58. The molecule has 0 aliphatic carbocycles. The van der Waals surface area contributed by atoms with E-state index in [9.17, 15) is 24.4 Å². The largest absolute Gasteiger partial charge is 0.343 e. The number of hydrazine groups is 1. The average molecular weight is 453 g/mol. The van der Waals surface area contributed by atoms with Crippen LogP contribution in [0, 0.1) is 17.8 Å². The lowest BCUT2D eigenvalue weighted by Crippen LogP contribution is -2.51. The van der Waals surface area contributed by atoms with Crippen LogP contribution < -0.4 is 16.2 Å². The van der Waals surface area contributed by atoms with Crippen LogP contribution in [-0.2, 0) is 20.8 Å². The number of nitrogens with zero attached hydrogens (tertiary/aromatic N) is 1. The van der Waals surface area contributed by atoms with E-state index in [1.807, 2.05) is 68.4 Å². The number of rotatable bonds is 9. The molecule has 1 saturated heterocycles. The van der Waals surface area contributed by atoms with Crippen molar-refractivity contribution in [3.63, 3.8) is 0 Å². The van der Waals surface area contributed by atoms with Gasteiger partial charge in [-0.05, 0) is 35.4 Å². The molecule has 1 fully saturated rings. The highest BCUT2D eigenvalue weighted by molar-refractivity contribution is 6.03. The lowest BCUT2D eigenvalue weighted by atomic mass is 9.80. The Balaban J connectivity index is 1.82. The SMILES string of the molecule is CC(C)C[C@@H](C(=O)NN1C(=O)CNC1=O)[C@H](Cc1ccc(-c2ccccc2)cc1)C(=O)NO. The van der Waals surface area contributed by atoms with Crippen LogP contribution in [0.5, 0.6) is 0 Å². The Bertz CT molecular complexity index is 991. The summed E-state index contributed by atoms with van der Waals surface area (Å²) < 4.78 is 0. The summed E-state index contributed by atoms with van der Waals surface area (Å²) in [5.74, 6) is -3.69. The molecule has 9 nitrogen and oxygen atoms in total. The number of hydrogen-bond donors (Lipinski definition) is 4. The van der Waals surface area contributed by atoms with Gasteiger partial charge in [-0.3, -0.25) is 25.0 Å². The minimum Gasteiger partial charge on any atom is -0.327 e. The third kappa shape index (κ3) is 5.95. The van der Waals surface area contributed by atoms with Crippen LogP contribution >= 0.6 is 0 Å². The molecular weight excluding hydrogens is 424 g/mol. The van der Waals surface area contributed by atoms with E-state index in [-0.39, 0.29) is 18.9 Å². The van der Waals surface area contributed by atoms with Gasteiger partial charge >= 0.3 is 6.03 Å². The van der Waals surface area contributed by atoms with Gasteiger partial charge in [-0.15, -0.1) is 0 Å². The van der Waals surface area contributed by atoms with Crippen LogP contribution in [0.15, 0.2) is 54.6 Å². The molecule has 5 amide bonds.